The third-order valence-corrected chi connectivity index (χ3v) is 4.48. The van der Waals surface area contributed by atoms with Crippen molar-refractivity contribution in [3.63, 3.8) is 0 Å². The number of benzene rings is 1. The van der Waals surface area contributed by atoms with Gasteiger partial charge >= 0.3 is 0 Å². The van der Waals surface area contributed by atoms with Crippen LogP contribution in [0.25, 0.3) is 10.1 Å². The molecule has 3 rings (SSSR count). The Kier molecular flexibility index (Phi) is 3.61. The summed E-state index contributed by atoms with van der Waals surface area (Å²) in [5.41, 5.74) is 4.93. The SMILES string of the molecule is NNC(c1ccc(Br)cn1)c1cccc2ccsc12. The predicted octanol–water partition coefficient (Wildman–Crippen LogP) is 3.61. The average Bonchev–Trinajstić information content (AvgIpc) is 2.91. The Morgan fingerprint density at radius 2 is 2.11 bits per heavy atom. The monoisotopic (exact) mass is 333 g/mol. The van der Waals surface area contributed by atoms with Crippen molar-refractivity contribution in [3.05, 3.63) is 63.7 Å². The maximum absolute atomic E-state index is 5.74. The molecule has 0 bridgehead atoms. The molecule has 19 heavy (non-hydrogen) atoms. The molecule has 0 aliphatic heterocycles. The number of hydrogen-bond donors (Lipinski definition) is 2. The van der Waals surface area contributed by atoms with E-state index in [1.54, 1.807) is 17.5 Å². The largest absolute Gasteiger partial charge is 0.271 e. The van der Waals surface area contributed by atoms with Crippen LogP contribution in [0.15, 0.2) is 52.4 Å². The normalized spacial score (nSPS) is 12.7. The van der Waals surface area contributed by atoms with E-state index in [0.717, 1.165) is 15.7 Å². The number of nitrogens with one attached hydrogen (secondary N) is 1. The Bertz CT molecular complexity index is 693. The van der Waals surface area contributed by atoms with Crippen LogP contribution < -0.4 is 11.3 Å². The topological polar surface area (TPSA) is 50.9 Å². The minimum atomic E-state index is -0.101. The second kappa shape index (κ2) is 5.38. The summed E-state index contributed by atoms with van der Waals surface area (Å²) in [7, 11) is 0. The molecule has 0 spiro atoms. The summed E-state index contributed by atoms with van der Waals surface area (Å²) in [4.78, 5) is 4.43. The first-order valence-corrected chi connectivity index (χ1v) is 7.50. The van der Waals surface area contributed by atoms with Crippen molar-refractivity contribution >= 4 is 37.4 Å². The Morgan fingerprint density at radius 1 is 1.21 bits per heavy atom. The van der Waals surface area contributed by atoms with Gasteiger partial charge in [0.05, 0.1) is 11.7 Å². The molecule has 1 aromatic carbocycles. The third kappa shape index (κ3) is 2.42. The molecule has 2 aromatic heterocycles. The molecule has 0 saturated carbocycles. The zero-order valence-corrected chi connectivity index (χ0v) is 12.4. The highest BCUT2D eigenvalue weighted by molar-refractivity contribution is 9.10. The van der Waals surface area contributed by atoms with Crippen molar-refractivity contribution in [2.24, 2.45) is 5.84 Å². The van der Waals surface area contributed by atoms with E-state index in [1.807, 2.05) is 18.2 Å². The summed E-state index contributed by atoms with van der Waals surface area (Å²) in [5.74, 6) is 5.74. The first-order chi connectivity index (χ1) is 9.29. The Morgan fingerprint density at radius 3 is 2.84 bits per heavy atom. The number of pyridine rings is 1. The molecule has 0 saturated heterocycles. The molecule has 3 aromatic rings. The van der Waals surface area contributed by atoms with Crippen molar-refractivity contribution in [1.82, 2.24) is 10.4 Å². The van der Waals surface area contributed by atoms with E-state index in [2.05, 4.69) is 49.9 Å². The van der Waals surface area contributed by atoms with Gasteiger partial charge in [-0.15, -0.1) is 11.3 Å². The summed E-state index contributed by atoms with van der Waals surface area (Å²) >= 11 is 5.12. The predicted molar refractivity (Wildman–Crippen MR) is 82.9 cm³/mol. The quantitative estimate of drug-likeness (QED) is 0.568. The van der Waals surface area contributed by atoms with E-state index in [9.17, 15) is 0 Å². The van der Waals surface area contributed by atoms with E-state index in [4.69, 9.17) is 5.84 Å². The van der Waals surface area contributed by atoms with E-state index < -0.39 is 0 Å². The van der Waals surface area contributed by atoms with Gasteiger partial charge in [0.25, 0.3) is 0 Å². The van der Waals surface area contributed by atoms with Crippen molar-refractivity contribution in [3.8, 4) is 0 Å². The number of hydrazine groups is 1. The molecular weight excluding hydrogens is 322 g/mol. The van der Waals surface area contributed by atoms with E-state index >= 15 is 0 Å². The number of nitrogens with two attached hydrogens (primary N) is 1. The molecule has 1 atom stereocenters. The maximum atomic E-state index is 5.74. The van der Waals surface area contributed by atoms with Gasteiger partial charge in [-0.1, -0.05) is 18.2 Å². The summed E-state index contributed by atoms with van der Waals surface area (Å²) in [6, 6.07) is 12.2. The highest BCUT2D eigenvalue weighted by Gasteiger charge is 2.16. The fourth-order valence-electron chi connectivity index (χ4n) is 2.14. The Balaban J connectivity index is 2.11. The van der Waals surface area contributed by atoms with Crippen molar-refractivity contribution in [2.45, 2.75) is 6.04 Å². The van der Waals surface area contributed by atoms with Gasteiger partial charge in [0, 0.05) is 15.4 Å². The number of nitrogens with zero attached hydrogens (tertiary/aromatic N) is 1. The van der Waals surface area contributed by atoms with Gasteiger partial charge in [0.2, 0.25) is 0 Å². The Labute approximate surface area is 123 Å². The second-order valence-corrected chi connectivity index (χ2v) is 6.02. The van der Waals surface area contributed by atoms with Crippen LogP contribution in [-0.4, -0.2) is 4.98 Å². The second-order valence-electron chi connectivity index (χ2n) is 4.19. The molecule has 5 heteroatoms. The molecule has 0 amide bonds. The van der Waals surface area contributed by atoms with Crippen LogP contribution in [0.5, 0.6) is 0 Å². The van der Waals surface area contributed by atoms with Crippen molar-refractivity contribution < 1.29 is 0 Å². The zero-order chi connectivity index (χ0) is 13.2. The minimum Gasteiger partial charge on any atom is -0.271 e. The Hall–Kier alpha value is -1.27. The van der Waals surface area contributed by atoms with Crippen LogP contribution in [0.4, 0.5) is 0 Å². The number of hydrogen-bond acceptors (Lipinski definition) is 4. The van der Waals surface area contributed by atoms with Crippen molar-refractivity contribution in [1.29, 1.82) is 0 Å². The lowest BCUT2D eigenvalue weighted by molar-refractivity contribution is 0.625. The first kappa shape index (κ1) is 12.7. The highest BCUT2D eigenvalue weighted by Crippen LogP contribution is 2.31. The molecule has 0 fully saturated rings. The molecular formula is C14H12BrN3S. The van der Waals surface area contributed by atoms with Crippen molar-refractivity contribution in [2.75, 3.05) is 0 Å². The molecule has 3 nitrogen and oxygen atoms in total. The van der Waals surface area contributed by atoms with E-state index in [1.165, 1.54) is 10.1 Å². The molecule has 0 radical (unpaired) electrons. The van der Waals surface area contributed by atoms with E-state index in [0.29, 0.717) is 0 Å². The number of fused-ring (bicyclic) bond motifs is 1. The number of aromatic nitrogens is 1. The maximum Gasteiger partial charge on any atom is 0.0895 e. The zero-order valence-electron chi connectivity index (χ0n) is 10.0. The van der Waals surface area contributed by atoms with Crippen LogP contribution >= 0.6 is 27.3 Å². The van der Waals surface area contributed by atoms with Crippen LogP contribution in [0.3, 0.4) is 0 Å². The minimum absolute atomic E-state index is 0.101. The lowest BCUT2D eigenvalue weighted by Gasteiger charge is -2.16. The van der Waals surface area contributed by atoms with Crippen LogP contribution in [0, 0.1) is 0 Å². The fourth-order valence-corrected chi connectivity index (χ4v) is 3.32. The molecule has 3 N–H and O–H groups in total. The summed E-state index contributed by atoms with van der Waals surface area (Å²) < 4.78 is 2.21. The van der Waals surface area contributed by atoms with Gasteiger partial charge < -0.3 is 0 Å². The van der Waals surface area contributed by atoms with Gasteiger partial charge in [-0.25, -0.2) is 5.43 Å². The first-order valence-electron chi connectivity index (χ1n) is 5.83. The van der Waals surface area contributed by atoms with Gasteiger partial charge in [-0.3, -0.25) is 10.8 Å². The average molecular weight is 334 g/mol. The molecule has 2 heterocycles. The van der Waals surface area contributed by atoms with Gasteiger partial charge in [0.15, 0.2) is 0 Å². The molecule has 0 aliphatic rings. The molecule has 1 unspecified atom stereocenters. The number of rotatable bonds is 3. The highest BCUT2D eigenvalue weighted by atomic mass is 79.9. The van der Waals surface area contributed by atoms with Crippen LogP contribution in [0.2, 0.25) is 0 Å². The third-order valence-electron chi connectivity index (χ3n) is 3.03. The standard InChI is InChI=1S/C14H12BrN3S/c15-10-4-5-12(17-8-10)13(18-16)11-3-1-2-9-6-7-19-14(9)11/h1-8,13,18H,16H2. The van der Waals surface area contributed by atoms with Crippen LogP contribution in [0.1, 0.15) is 17.3 Å². The fraction of sp³-hybridized carbons (Fsp3) is 0.0714. The van der Waals surface area contributed by atoms with Gasteiger partial charge in [-0.05, 0) is 50.5 Å². The lowest BCUT2D eigenvalue weighted by atomic mass is 10.0. The van der Waals surface area contributed by atoms with Gasteiger partial charge in [-0.2, -0.15) is 0 Å². The number of halogens is 1. The summed E-state index contributed by atoms with van der Waals surface area (Å²) in [5, 5.41) is 3.33. The van der Waals surface area contributed by atoms with Crippen LogP contribution in [-0.2, 0) is 0 Å². The molecule has 0 aliphatic carbocycles. The summed E-state index contributed by atoms with van der Waals surface area (Å²) in [6.07, 6.45) is 1.79. The number of thiophene rings is 1. The smallest absolute Gasteiger partial charge is 0.0895 e. The van der Waals surface area contributed by atoms with Gasteiger partial charge in [0.1, 0.15) is 0 Å². The lowest BCUT2D eigenvalue weighted by Crippen LogP contribution is -2.29. The van der Waals surface area contributed by atoms with E-state index in [-0.39, 0.29) is 6.04 Å². The molecule has 96 valence electrons. The summed E-state index contributed by atoms with van der Waals surface area (Å²) in [6.45, 7) is 0.